The van der Waals surface area contributed by atoms with Crippen molar-refractivity contribution in [3.63, 3.8) is 0 Å². The van der Waals surface area contributed by atoms with E-state index in [1.807, 2.05) is 67.6 Å². The summed E-state index contributed by atoms with van der Waals surface area (Å²) in [6, 6.07) is 23.3. The molecule has 0 radical (unpaired) electrons. The number of carbonyl (C=O) groups is 2. The number of halogens is 1. The Kier molecular flexibility index (Phi) is 6.58. The maximum Gasteiger partial charge on any atom is 0.411 e. The third kappa shape index (κ3) is 5.49. The number of hydrogen-bond acceptors (Lipinski definition) is 4. The van der Waals surface area contributed by atoms with Crippen LogP contribution in [0.4, 0.5) is 19.7 Å². The summed E-state index contributed by atoms with van der Waals surface area (Å²) in [7, 11) is 0. The molecule has 1 N–H and O–H groups in total. The van der Waals surface area contributed by atoms with Crippen molar-refractivity contribution in [2.45, 2.75) is 25.6 Å². The van der Waals surface area contributed by atoms with E-state index in [9.17, 15) is 14.0 Å². The second-order valence-electron chi connectivity index (χ2n) is 8.34. The molecule has 0 aliphatic carbocycles. The molecule has 3 aromatic carbocycles. The Hall–Kier alpha value is -3.87. The standard InChI is InChI=1S/C26H25FN2O4/c1-26(17-29(18-26)25(31)33-16-20-10-6-3-7-11-20)22-13-12-21(14-23(22)27)28-24(30)32-15-19-8-4-2-5-9-19/h2-14H,15-18H2,1H3,(H,28,30). The van der Waals surface area contributed by atoms with Crippen molar-refractivity contribution in [3.8, 4) is 0 Å². The van der Waals surface area contributed by atoms with E-state index < -0.39 is 23.4 Å². The predicted molar refractivity (Wildman–Crippen MR) is 122 cm³/mol. The molecule has 7 heteroatoms. The first-order chi connectivity index (χ1) is 15.9. The number of amides is 2. The smallest absolute Gasteiger partial charge is 0.411 e. The van der Waals surface area contributed by atoms with E-state index in [4.69, 9.17) is 9.47 Å². The lowest BCUT2D eigenvalue weighted by atomic mass is 9.75. The summed E-state index contributed by atoms with van der Waals surface area (Å²) in [5, 5.41) is 2.54. The van der Waals surface area contributed by atoms with Gasteiger partial charge in [0.15, 0.2) is 0 Å². The number of nitrogens with one attached hydrogen (secondary N) is 1. The quantitative estimate of drug-likeness (QED) is 0.542. The van der Waals surface area contributed by atoms with Crippen LogP contribution in [0.1, 0.15) is 23.6 Å². The van der Waals surface area contributed by atoms with Crippen molar-refractivity contribution in [1.82, 2.24) is 4.90 Å². The second kappa shape index (κ2) is 9.73. The highest BCUT2D eigenvalue weighted by Gasteiger charge is 2.44. The van der Waals surface area contributed by atoms with Crippen LogP contribution < -0.4 is 5.32 Å². The molecule has 1 fully saturated rings. The Morgan fingerprint density at radius 1 is 0.909 bits per heavy atom. The zero-order valence-electron chi connectivity index (χ0n) is 18.3. The van der Waals surface area contributed by atoms with Crippen LogP contribution >= 0.6 is 0 Å². The molecule has 1 aliphatic heterocycles. The molecule has 1 aliphatic rings. The Morgan fingerprint density at radius 3 is 2.06 bits per heavy atom. The molecule has 6 nitrogen and oxygen atoms in total. The van der Waals surface area contributed by atoms with Crippen LogP contribution in [0.2, 0.25) is 0 Å². The molecule has 0 atom stereocenters. The van der Waals surface area contributed by atoms with E-state index in [2.05, 4.69) is 5.32 Å². The lowest BCUT2D eigenvalue weighted by molar-refractivity contribution is 0.0384. The monoisotopic (exact) mass is 448 g/mol. The van der Waals surface area contributed by atoms with Gasteiger partial charge >= 0.3 is 12.2 Å². The Bertz CT molecular complexity index is 1120. The van der Waals surface area contributed by atoms with Crippen LogP contribution in [0, 0.1) is 5.82 Å². The normalized spacial score (nSPS) is 14.2. The largest absolute Gasteiger partial charge is 0.445 e. The first kappa shape index (κ1) is 22.3. The van der Waals surface area contributed by atoms with Gasteiger partial charge in [-0.15, -0.1) is 0 Å². The minimum atomic E-state index is -0.659. The van der Waals surface area contributed by atoms with Crippen LogP contribution in [0.25, 0.3) is 0 Å². The number of hydrogen-bond donors (Lipinski definition) is 1. The van der Waals surface area contributed by atoms with Gasteiger partial charge in [0.05, 0.1) is 0 Å². The van der Waals surface area contributed by atoms with Gasteiger partial charge in [0, 0.05) is 24.2 Å². The number of nitrogens with zero attached hydrogens (tertiary/aromatic N) is 1. The van der Waals surface area contributed by atoms with Gasteiger partial charge in [-0.3, -0.25) is 5.32 Å². The summed E-state index contributed by atoms with van der Waals surface area (Å²) in [6.45, 7) is 2.92. The van der Waals surface area contributed by atoms with E-state index in [1.54, 1.807) is 17.0 Å². The van der Waals surface area contributed by atoms with E-state index in [-0.39, 0.29) is 13.2 Å². The van der Waals surface area contributed by atoms with Crippen LogP contribution in [0.5, 0.6) is 0 Å². The minimum absolute atomic E-state index is 0.127. The summed E-state index contributed by atoms with van der Waals surface area (Å²) in [5.41, 5.74) is 2.03. The van der Waals surface area contributed by atoms with E-state index >= 15 is 0 Å². The molecule has 3 aromatic rings. The van der Waals surface area contributed by atoms with E-state index in [1.165, 1.54) is 6.07 Å². The summed E-state index contributed by atoms with van der Waals surface area (Å²) in [5.74, 6) is -0.448. The highest BCUT2D eigenvalue weighted by Crippen LogP contribution is 2.36. The van der Waals surface area contributed by atoms with Gasteiger partial charge in [0.2, 0.25) is 0 Å². The maximum atomic E-state index is 14.8. The van der Waals surface area contributed by atoms with Gasteiger partial charge in [-0.2, -0.15) is 0 Å². The van der Waals surface area contributed by atoms with Crippen molar-refractivity contribution in [3.05, 3.63) is 101 Å². The molecule has 170 valence electrons. The highest BCUT2D eigenvalue weighted by molar-refractivity contribution is 5.84. The maximum absolute atomic E-state index is 14.8. The molecule has 2 amide bonds. The first-order valence-electron chi connectivity index (χ1n) is 10.7. The molecule has 0 saturated carbocycles. The Balaban J connectivity index is 1.28. The molecular weight excluding hydrogens is 423 g/mol. The molecule has 33 heavy (non-hydrogen) atoms. The third-order valence-electron chi connectivity index (χ3n) is 5.62. The van der Waals surface area contributed by atoms with Gasteiger partial charge < -0.3 is 14.4 Å². The number of carbonyl (C=O) groups excluding carboxylic acids is 2. The third-order valence-corrected chi connectivity index (χ3v) is 5.62. The number of ether oxygens (including phenoxy) is 2. The predicted octanol–water partition coefficient (Wildman–Crippen LogP) is 5.48. The molecular formula is C26H25FN2O4. The summed E-state index contributed by atoms with van der Waals surface area (Å²) in [4.78, 5) is 25.9. The first-order valence-corrected chi connectivity index (χ1v) is 10.7. The molecule has 0 bridgehead atoms. The molecule has 1 heterocycles. The zero-order chi connectivity index (χ0) is 23.3. The van der Waals surface area contributed by atoms with Crippen molar-refractivity contribution in [2.75, 3.05) is 18.4 Å². The fraction of sp³-hybridized carbons (Fsp3) is 0.231. The fourth-order valence-electron chi connectivity index (χ4n) is 3.87. The average molecular weight is 448 g/mol. The molecule has 0 unspecified atom stereocenters. The van der Waals surface area contributed by atoms with Crippen molar-refractivity contribution in [1.29, 1.82) is 0 Å². The number of likely N-dealkylation sites (tertiary alicyclic amines) is 1. The van der Waals surface area contributed by atoms with Crippen molar-refractivity contribution < 1.29 is 23.5 Å². The van der Waals surface area contributed by atoms with Crippen molar-refractivity contribution in [2.24, 2.45) is 0 Å². The summed E-state index contributed by atoms with van der Waals surface area (Å²) >= 11 is 0. The second-order valence-corrected chi connectivity index (χ2v) is 8.34. The molecule has 4 rings (SSSR count). The lowest BCUT2D eigenvalue weighted by Gasteiger charge is -2.47. The van der Waals surface area contributed by atoms with Crippen LogP contribution in [-0.4, -0.2) is 30.2 Å². The minimum Gasteiger partial charge on any atom is -0.445 e. The van der Waals surface area contributed by atoms with Gasteiger partial charge in [0.1, 0.15) is 19.0 Å². The molecule has 1 saturated heterocycles. The van der Waals surface area contributed by atoms with Gasteiger partial charge in [-0.05, 0) is 28.8 Å². The Morgan fingerprint density at radius 2 is 1.48 bits per heavy atom. The number of rotatable bonds is 6. The molecule has 0 spiro atoms. The summed E-state index contributed by atoms with van der Waals surface area (Å²) in [6.07, 6.45) is -1.08. The van der Waals surface area contributed by atoms with Gasteiger partial charge in [-0.1, -0.05) is 73.7 Å². The van der Waals surface area contributed by atoms with Crippen LogP contribution in [0.3, 0.4) is 0 Å². The van der Waals surface area contributed by atoms with Crippen LogP contribution in [-0.2, 0) is 28.1 Å². The highest BCUT2D eigenvalue weighted by atomic mass is 19.1. The fourth-order valence-corrected chi connectivity index (χ4v) is 3.87. The summed E-state index contributed by atoms with van der Waals surface area (Å²) < 4.78 is 25.3. The average Bonchev–Trinajstić information content (AvgIpc) is 2.80. The van der Waals surface area contributed by atoms with Crippen LogP contribution in [0.15, 0.2) is 78.9 Å². The van der Waals surface area contributed by atoms with Gasteiger partial charge in [-0.25, -0.2) is 14.0 Å². The lowest BCUT2D eigenvalue weighted by Crippen LogP contribution is -2.60. The van der Waals surface area contributed by atoms with E-state index in [0.29, 0.717) is 24.3 Å². The molecule has 0 aromatic heterocycles. The zero-order valence-corrected chi connectivity index (χ0v) is 18.3. The topological polar surface area (TPSA) is 67.9 Å². The van der Waals surface area contributed by atoms with Crippen molar-refractivity contribution >= 4 is 17.9 Å². The SMILES string of the molecule is CC1(c2ccc(NC(=O)OCc3ccccc3)cc2F)CN(C(=O)OCc2ccccc2)C1. The van der Waals surface area contributed by atoms with E-state index in [0.717, 1.165) is 11.1 Å². The number of anilines is 1. The van der Waals surface area contributed by atoms with Gasteiger partial charge in [0.25, 0.3) is 0 Å². The number of benzene rings is 3. The Labute approximate surface area is 191 Å².